The monoisotopic (exact) mass is 215 g/mol. The van der Waals surface area contributed by atoms with Gasteiger partial charge in [0.25, 0.3) is 0 Å². The number of hydrogen-bond acceptors (Lipinski definition) is 4. The van der Waals surface area contributed by atoms with E-state index in [0.29, 0.717) is 24.1 Å². The number of ether oxygens (including phenoxy) is 1. The van der Waals surface area contributed by atoms with Crippen LogP contribution in [0.1, 0.15) is 13.8 Å². The largest absolute Gasteiger partial charge is 0.474 e. The van der Waals surface area contributed by atoms with Crippen molar-refractivity contribution in [1.29, 1.82) is 0 Å². The van der Waals surface area contributed by atoms with E-state index < -0.39 is 0 Å². The van der Waals surface area contributed by atoms with Gasteiger partial charge in [0.2, 0.25) is 5.88 Å². The van der Waals surface area contributed by atoms with Gasteiger partial charge in [-0.2, -0.15) is 4.98 Å². The fourth-order valence-corrected chi connectivity index (χ4v) is 1.00. The molecule has 0 radical (unpaired) electrons. The smallest absolute Gasteiger partial charge is 0.234 e. The van der Waals surface area contributed by atoms with Crippen molar-refractivity contribution >= 4 is 17.4 Å². The van der Waals surface area contributed by atoms with Crippen LogP contribution in [-0.2, 0) is 0 Å². The average Bonchev–Trinajstić information content (AvgIpc) is 2.14. The molecular formula is C9H14ClN3O. The molecule has 0 aliphatic carbocycles. The van der Waals surface area contributed by atoms with E-state index in [1.54, 1.807) is 12.4 Å². The molecule has 1 aromatic rings. The van der Waals surface area contributed by atoms with Crippen molar-refractivity contribution in [1.82, 2.24) is 9.97 Å². The predicted molar refractivity (Wildman–Crippen MR) is 57.0 cm³/mol. The van der Waals surface area contributed by atoms with Crippen LogP contribution < -0.4 is 10.1 Å². The molecule has 1 aromatic heterocycles. The molecule has 78 valence electrons. The SMILES string of the molecule is CC(C)Oc1cncc(NCCCl)n1. The summed E-state index contributed by atoms with van der Waals surface area (Å²) in [5.41, 5.74) is 0. The molecule has 1 N–H and O–H groups in total. The lowest BCUT2D eigenvalue weighted by molar-refractivity contribution is 0.232. The fourth-order valence-electron chi connectivity index (χ4n) is 0.907. The third kappa shape index (κ3) is 3.79. The second-order valence-electron chi connectivity index (χ2n) is 3.02. The molecule has 14 heavy (non-hydrogen) atoms. The average molecular weight is 216 g/mol. The van der Waals surface area contributed by atoms with E-state index >= 15 is 0 Å². The Balaban J connectivity index is 2.59. The molecule has 0 aliphatic heterocycles. The number of anilines is 1. The maximum Gasteiger partial charge on any atom is 0.234 e. The normalized spacial score (nSPS) is 10.3. The summed E-state index contributed by atoms with van der Waals surface area (Å²) in [4.78, 5) is 8.19. The number of alkyl halides is 1. The number of rotatable bonds is 5. The fraction of sp³-hybridized carbons (Fsp3) is 0.556. The Labute approximate surface area is 88.7 Å². The van der Waals surface area contributed by atoms with Crippen LogP contribution >= 0.6 is 11.6 Å². The summed E-state index contributed by atoms with van der Waals surface area (Å²) in [5, 5.41) is 3.02. The second kappa shape index (κ2) is 5.65. The number of halogens is 1. The Morgan fingerprint density at radius 3 is 2.93 bits per heavy atom. The van der Waals surface area contributed by atoms with Gasteiger partial charge in [-0.15, -0.1) is 11.6 Å². The molecule has 0 aromatic carbocycles. The maximum absolute atomic E-state index is 5.53. The van der Waals surface area contributed by atoms with Crippen LogP contribution in [0.5, 0.6) is 5.88 Å². The summed E-state index contributed by atoms with van der Waals surface area (Å²) in [7, 11) is 0. The Kier molecular flexibility index (Phi) is 4.46. The first kappa shape index (κ1) is 11.0. The lowest BCUT2D eigenvalue weighted by atomic mass is 10.5. The minimum Gasteiger partial charge on any atom is -0.474 e. The predicted octanol–water partition coefficient (Wildman–Crippen LogP) is 1.91. The molecule has 1 heterocycles. The van der Waals surface area contributed by atoms with Crippen LogP contribution in [0, 0.1) is 0 Å². The van der Waals surface area contributed by atoms with E-state index in [4.69, 9.17) is 16.3 Å². The summed E-state index contributed by atoms with van der Waals surface area (Å²) >= 11 is 5.53. The van der Waals surface area contributed by atoms with Crippen LogP contribution in [0.3, 0.4) is 0 Å². The molecule has 0 atom stereocenters. The van der Waals surface area contributed by atoms with Crippen LogP contribution in [0.25, 0.3) is 0 Å². The van der Waals surface area contributed by atoms with Crippen molar-refractivity contribution in [3.8, 4) is 5.88 Å². The molecule has 0 saturated carbocycles. The van der Waals surface area contributed by atoms with Crippen LogP contribution in [0.4, 0.5) is 5.82 Å². The number of hydrogen-bond donors (Lipinski definition) is 1. The number of nitrogens with zero attached hydrogens (tertiary/aromatic N) is 2. The molecule has 0 saturated heterocycles. The second-order valence-corrected chi connectivity index (χ2v) is 3.40. The molecule has 1 rings (SSSR count). The van der Waals surface area contributed by atoms with Gasteiger partial charge in [-0.05, 0) is 13.8 Å². The van der Waals surface area contributed by atoms with Crippen molar-refractivity contribution in [2.75, 3.05) is 17.7 Å². The highest BCUT2D eigenvalue weighted by Crippen LogP contribution is 2.10. The quantitative estimate of drug-likeness (QED) is 0.763. The van der Waals surface area contributed by atoms with Gasteiger partial charge in [-0.25, -0.2) is 0 Å². The van der Waals surface area contributed by atoms with Crippen LogP contribution in [0.15, 0.2) is 12.4 Å². The van der Waals surface area contributed by atoms with Gasteiger partial charge >= 0.3 is 0 Å². The molecule has 0 aliphatic rings. The lowest BCUT2D eigenvalue weighted by Gasteiger charge is -2.09. The summed E-state index contributed by atoms with van der Waals surface area (Å²) in [6, 6.07) is 0. The third-order valence-electron chi connectivity index (χ3n) is 1.37. The van der Waals surface area contributed by atoms with E-state index in [1.165, 1.54) is 0 Å². The highest BCUT2D eigenvalue weighted by atomic mass is 35.5. The van der Waals surface area contributed by atoms with Crippen molar-refractivity contribution in [2.24, 2.45) is 0 Å². The highest BCUT2D eigenvalue weighted by Gasteiger charge is 2.00. The summed E-state index contributed by atoms with van der Waals surface area (Å²) in [6.07, 6.45) is 3.33. The van der Waals surface area contributed by atoms with E-state index in [0.717, 1.165) is 0 Å². The van der Waals surface area contributed by atoms with Crippen LogP contribution in [0.2, 0.25) is 0 Å². The molecule has 0 bridgehead atoms. The number of aromatic nitrogens is 2. The standard InChI is InChI=1S/C9H14ClN3O/c1-7(2)14-9-6-11-5-8(13-9)12-4-3-10/h5-7H,3-4H2,1-2H3,(H,12,13). The van der Waals surface area contributed by atoms with Crippen molar-refractivity contribution < 1.29 is 4.74 Å². The first-order valence-corrected chi connectivity index (χ1v) is 5.04. The Bertz CT molecular complexity index is 281. The molecule has 0 spiro atoms. The Morgan fingerprint density at radius 1 is 1.50 bits per heavy atom. The molecule has 0 fully saturated rings. The van der Waals surface area contributed by atoms with Gasteiger partial charge in [-0.3, -0.25) is 4.98 Å². The van der Waals surface area contributed by atoms with E-state index in [1.807, 2.05) is 13.8 Å². The van der Waals surface area contributed by atoms with Crippen molar-refractivity contribution in [3.05, 3.63) is 12.4 Å². The first-order chi connectivity index (χ1) is 6.72. The summed E-state index contributed by atoms with van der Waals surface area (Å²) < 4.78 is 5.39. The van der Waals surface area contributed by atoms with Gasteiger partial charge < -0.3 is 10.1 Å². The van der Waals surface area contributed by atoms with Crippen molar-refractivity contribution in [2.45, 2.75) is 20.0 Å². The Morgan fingerprint density at radius 2 is 2.29 bits per heavy atom. The lowest BCUT2D eigenvalue weighted by Crippen LogP contribution is -2.09. The zero-order valence-corrected chi connectivity index (χ0v) is 9.08. The minimum atomic E-state index is 0.104. The minimum absolute atomic E-state index is 0.104. The topological polar surface area (TPSA) is 47.0 Å². The molecule has 4 nitrogen and oxygen atoms in total. The van der Waals surface area contributed by atoms with Crippen molar-refractivity contribution in [3.63, 3.8) is 0 Å². The molecule has 0 amide bonds. The van der Waals surface area contributed by atoms with Gasteiger partial charge in [0, 0.05) is 12.4 Å². The molecule has 0 unspecified atom stereocenters. The van der Waals surface area contributed by atoms with Gasteiger partial charge in [0.15, 0.2) is 0 Å². The molecular weight excluding hydrogens is 202 g/mol. The van der Waals surface area contributed by atoms with Crippen LogP contribution in [-0.4, -0.2) is 28.5 Å². The maximum atomic E-state index is 5.53. The molecule has 5 heteroatoms. The summed E-state index contributed by atoms with van der Waals surface area (Å²) in [5.74, 6) is 1.75. The van der Waals surface area contributed by atoms with Gasteiger partial charge in [0.1, 0.15) is 5.82 Å². The number of nitrogens with one attached hydrogen (secondary N) is 1. The van der Waals surface area contributed by atoms with Gasteiger partial charge in [-0.1, -0.05) is 0 Å². The zero-order chi connectivity index (χ0) is 10.4. The summed E-state index contributed by atoms with van der Waals surface area (Å²) in [6.45, 7) is 4.56. The van der Waals surface area contributed by atoms with Gasteiger partial charge in [0.05, 0.1) is 18.5 Å². The van der Waals surface area contributed by atoms with E-state index in [-0.39, 0.29) is 6.10 Å². The third-order valence-corrected chi connectivity index (χ3v) is 1.56. The van der Waals surface area contributed by atoms with E-state index in [2.05, 4.69) is 15.3 Å². The first-order valence-electron chi connectivity index (χ1n) is 4.51. The van der Waals surface area contributed by atoms with E-state index in [9.17, 15) is 0 Å². The zero-order valence-electron chi connectivity index (χ0n) is 8.33. The highest BCUT2D eigenvalue weighted by molar-refractivity contribution is 6.18. The Hall–Kier alpha value is -1.03.